The third kappa shape index (κ3) is 5.02. The predicted octanol–water partition coefficient (Wildman–Crippen LogP) is 2.68. The molecule has 1 atom stereocenters. The molecule has 1 aromatic rings. The van der Waals surface area contributed by atoms with E-state index >= 15 is 0 Å². The number of aromatic nitrogens is 1. The number of rotatable bonds is 6. The molecule has 4 nitrogen and oxygen atoms in total. The second-order valence-corrected chi connectivity index (χ2v) is 5.18. The van der Waals surface area contributed by atoms with Crippen LogP contribution in [0.5, 0.6) is 0 Å². The summed E-state index contributed by atoms with van der Waals surface area (Å²) >= 11 is 5.87. The molecule has 0 saturated carbocycles. The topological polar surface area (TPSA) is 68.0 Å². The molecule has 0 saturated heterocycles. The summed E-state index contributed by atoms with van der Waals surface area (Å²) in [6, 6.07) is 3.46. The molecule has 1 heterocycles. The van der Waals surface area contributed by atoms with Crippen LogP contribution >= 0.6 is 11.6 Å². The van der Waals surface area contributed by atoms with Gasteiger partial charge in [-0.2, -0.15) is 0 Å². The third-order valence-corrected chi connectivity index (χ3v) is 2.95. The Labute approximate surface area is 113 Å². The summed E-state index contributed by atoms with van der Waals surface area (Å²) in [6.07, 6.45) is 2.95. The Kier molecular flexibility index (Phi) is 6.09. The molecule has 0 aromatic carbocycles. The average molecular weight is 270 g/mol. The van der Waals surface area contributed by atoms with E-state index in [0.717, 1.165) is 6.42 Å². The summed E-state index contributed by atoms with van der Waals surface area (Å²) in [6.45, 7) is 4.77. The molecule has 1 amide bonds. The van der Waals surface area contributed by atoms with E-state index < -0.39 is 0 Å². The molecule has 1 unspecified atom stereocenters. The van der Waals surface area contributed by atoms with Gasteiger partial charge in [-0.15, -0.1) is 0 Å². The molecule has 100 valence electrons. The predicted molar refractivity (Wildman–Crippen MR) is 74.5 cm³/mol. The van der Waals surface area contributed by atoms with Gasteiger partial charge in [-0.3, -0.25) is 4.79 Å². The normalized spacial score (nSPS) is 12.5. The molecule has 5 heteroatoms. The first-order valence-electron chi connectivity index (χ1n) is 6.13. The van der Waals surface area contributed by atoms with Crippen molar-refractivity contribution < 1.29 is 4.79 Å². The SMILES string of the molecule is CC(C)CC(CN)CC(=O)Nc1cccnc1Cl. The summed E-state index contributed by atoms with van der Waals surface area (Å²) in [5, 5.41) is 3.06. The van der Waals surface area contributed by atoms with E-state index in [1.807, 2.05) is 0 Å². The van der Waals surface area contributed by atoms with Crippen molar-refractivity contribution in [2.75, 3.05) is 11.9 Å². The lowest BCUT2D eigenvalue weighted by Gasteiger charge is -2.16. The largest absolute Gasteiger partial charge is 0.330 e. The van der Waals surface area contributed by atoms with E-state index in [1.165, 1.54) is 0 Å². The minimum absolute atomic E-state index is 0.0685. The van der Waals surface area contributed by atoms with Crippen LogP contribution in [-0.2, 0) is 4.79 Å². The molecule has 0 radical (unpaired) electrons. The van der Waals surface area contributed by atoms with Crippen molar-refractivity contribution in [3.63, 3.8) is 0 Å². The van der Waals surface area contributed by atoms with Crippen LogP contribution in [0.25, 0.3) is 0 Å². The second kappa shape index (κ2) is 7.34. The van der Waals surface area contributed by atoms with Crippen molar-refractivity contribution in [3.05, 3.63) is 23.5 Å². The van der Waals surface area contributed by atoms with Crippen LogP contribution in [0.4, 0.5) is 5.69 Å². The lowest BCUT2D eigenvalue weighted by Crippen LogP contribution is -2.23. The molecular weight excluding hydrogens is 250 g/mol. The summed E-state index contributed by atoms with van der Waals surface area (Å²) in [5.74, 6) is 0.676. The smallest absolute Gasteiger partial charge is 0.224 e. The summed E-state index contributed by atoms with van der Waals surface area (Å²) in [4.78, 5) is 15.8. The second-order valence-electron chi connectivity index (χ2n) is 4.83. The Morgan fingerprint density at radius 3 is 2.83 bits per heavy atom. The van der Waals surface area contributed by atoms with Crippen LogP contribution in [0.2, 0.25) is 5.15 Å². The molecule has 0 aliphatic rings. The number of hydrogen-bond acceptors (Lipinski definition) is 3. The average Bonchev–Trinajstić information content (AvgIpc) is 2.30. The Balaban J connectivity index is 2.53. The number of nitrogens with zero attached hydrogens (tertiary/aromatic N) is 1. The first kappa shape index (κ1) is 14.9. The fraction of sp³-hybridized carbons (Fsp3) is 0.538. The van der Waals surface area contributed by atoms with Gasteiger partial charge in [0.05, 0.1) is 5.69 Å². The van der Waals surface area contributed by atoms with Crippen molar-refractivity contribution in [1.29, 1.82) is 0 Å². The Bertz CT molecular complexity index is 396. The maximum absolute atomic E-state index is 11.9. The van der Waals surface area contributed by atoms with E-state index in [9.17, 15) is 4.79 Å². The molecule has 0 aliphatic heterocycles. The monoisotopic (exact) mass is 269 g/mol. The van der Waals surface area contributed by atoms with Gasteiger partial charge in [-0.25, -0.2) is 4.98 Å². The molecule has 0 spiro atoms. The van der Waals surface area contributed by atoms with E-state index in [2.05, 4.69) is 24.1 Å². The highest BCUT2D eigenvalue weighted by Gasteiger charge is 2.15. The summed E-state index contributed by atoms with van der Waals surface area (Å²) in [5.41, 5.74) is 6.22. The van der Waals surface area contributed by atoms with Gasteiger partial charge >= 0.3 is 0 Å². The van der Waals surface area contributed by atoms with Gasteiger partial charge in [-0.1, -0.05) is 25.4 Å². The highest BCUT2D eigenvalue weighted by atomic mass is 35.5. The highest BCUT2D eigenvalue weighted by molar-refractivity contribution is 6.32. The lowest BCUT2D eigenvalue weighted by atomic mass is 9.94. The van der Waals surface area contributed by atoms with Crippen LogP contribution in [0.1, 0.15) is 26.7 Å². The zero-order valence-electron chi connectivity index (χ0n) is 10.8. The zero-order chi connectivity index (χ0) is 13.5. The standard InChI is InChI=1S/C13H20ClN3O/c1-9(2)6-10(8-15)7-12(18)17-11-4-3-5-16-13(11)14/h3-5,9-10H,6-8,15H2,1-2H3,(H,17,18). The van der Waals surface area contributed by atoms with E-state index in [4.69, 9.17) is 17.3 Å². The minimum atomic E-state index is -0.0685. The third-order valence-electron chi connectivity index (χ3n) is 2.65. The quantitative estimate of drug-likeness (QED) is 0.780. The Morgan fingerprint density at radius 1 is 1.56 bits per heavy atom. The summed E-state index contributed by atoms with van der Waals surface area (Å²) < 4.78 is 0. The number of hydrogen-bond donors (Lipinski definition) is 2. The van der Waals surface area contributed by atoms with Gasteiger partial charge in [0.2, 0.25) is 5.91 Å². The van der Waals surface area contributed by atoms with Crippen molar-refractivity contribution in [1.82, 2.24) is 4.98 Å². The maximum atomic E-state index is 11.9. The minimum Gasteiger partial charge on any atom is -0.330 e. The molecular formula is C13H20ClN3O. The van der Waals surface area contributed by atoms with E-state index in [0.29, 0.717) is 29.7 Å². The van der Waals surface area contributed by atoms with Gasteiger partial charge in [0.1, 0.15) is 0 Å². The zero-order valence-corrected chi connectivity index (χ0v) is 11.6. The van der Waals surface area contributed by atoms with E-state index in [-0.39, 0.29) is 11.8 Å². The maximum Gasteiger partial charge on any atom is 0.224 e. The number of halogens is 1. The Hall–Kier alpha value is -1.13. The summed E-state index contributed by atoms with van der Waals surface area (Å²) in [7, 11) is 0. The van der Waals surface area contributed by atoms with Crippen molar-refractivity contribution in [2.45, 2.75) is 26.7 Å². The molecule has 0 bridgehead atoms. The molecule has 1 rings (SSSR count). The van der Waals surface area contributed by atoms with Crippen molar-refractivity contribution in [2.24, 2.45) is 17.6 Å². The molecule has 3 N–H and O–H groups in total. The lowest BCUT2D eigenvalue weighted by molar-refractivity contribution is -0.117. The van der Waals surface area contributed by atoms with Gasteiger partial charge in [0.25, 0.3) is 0 Å². The van der Waals surface area contributed by atoms with Crippen LogP contribution in [0.3, 0.4) is 0 Å². The van der Waals surface area contributed by atoms with Crippen LogP contribution < -0.4 is 11.1 Å². The molecule has 0 aliphatic carbocycles. The van der Waals surface area contributed by atoms with Crippen molar-refractivity contribution >= 4 is 23.2 Å². The molecule has 1 aromatic heterocycles. The molecule has 0 fully saturated rings. The fourth-order valence-corrected chi connectivity index (χ4v) is 2.04. The Morgan fingerprint density at radius 2 is 2.28 bits per heavy atom. The number of amides is 1. The first-order chi connectivity index (χ1) is 8.52. The number of nitrogens with one attached hydrogen (secondary N) is 1. The van der Waals surface area contributed by atoms with Crippen molar-refractivity contribution in [3.8, 4) is 0 Å². The first-order valence-corrected chi connectivity index (χ1v) is 6.51. The van der Waals surface area contributed by atoms with E-state index in [1.54, 1.807) is 18.3 Å². The number of carbonyl (C=O) groups excluding carboxylic acids is 1. The number of pyridine rings is 1. The fourth-order valence-electron chi connectivity index (χ4n) is 1.87. The van der Waals surface area contributed by atoms with Gasteiger partial charge in [0, 0.05) is 12.6 Å². The van der Waals surface area contributed by atoms with Crippen LogP contribution in [0, 0.1) is 11.8 Å². The van der Waals surface area contributed by atoms with Crippen LogP contribution in [0.15, 0.2) is 18.3 Å². The number of carbonyl (C=O) groups is 1. The highest BCUT2D eigenvalue weighted by Crippen LogP contribution is 2.19. The van der Waals surface area contributed by atoms with Gasteiger partial charge in [-0.05, 0) is 36.9 Å². The number of anilines is 1. The van der Waals surface area contributed by atoms with Crippen LogP contribution in [-0.4, -0.2) is 17.4 Å². The molecule has 18 heavy (non-hydrogen) atoms. The van der Waals surface area contributed by atoms with Gasteiger partial charge < -0.3 is 11.1 Å². The number of nitrogens with two attached hydrogens (primary N) is 1. The van der Waals surface area contributed by atoms with Gasteiger partial charge in [0.15, 0.2) is 5.15 Å².